The van der Waals surface area contributed by atoms with Crippen LogP contribution in [0.5, 0.6) is 0 Å². The van der Waals surface area contributed by atoms with Crippen LogP contribution in [0.25, 0.3) is 0 Å². The number of amides is 1. The average Bonchev–Trinajstić information content (AvgIpc) is 3.20. The molecule has 0 aliphatic heterocycles. The number of phosphoric ester groups is 1. The van der Waals surface area contributed by atoms with E-state index < -0.39 is 57.6 Å². The number of carboxylic acid groups (broad SMARTS) is 1. The van der Waals surface area contributed by atoms with E-state index in [1.165, 1.54) is 96.3 Å². The Morgan fingerprint density at radius 2 is 0.948 bits per heavy atom. The maximum atomic E-state index is 12.3. The largest absolute Gasteiger partial charge is 0.480 e. The molecule has 0 saturated carbocycles. The minimum absolute atomic E-state index is 0.129. The number of aliphatic hydroxyl groups is 1. The molecule has 3 atom stereocenters. The molecule has 0 saturated heterocycles. The van der Waals surface area contributed by atoms with Gasteiger partial charge in [-0.15, -0.1) is 0 Å². The molecule has 0 fully saturated rings. The predicted molar refractivity (Wildman–Crippen MR) is 236 cm³/mol. The summed E-state index contributed by atoms with van der Waals surface area (Å²) in [6.45, 7) is 2.57. The fourth-order valence-corrected chi connectivity index (χ4v) is 7.05. The van der Waals surface area contributed by atoms with Crippen molar-refractivity contribution in [3.63, 3.8) is 0 Å². The Labute approximate surface area is 352 Å². The van der Waals surface area contributed by atoms with Crippen LogP contribution in [0.3, 0.4) is 0 Å². The van der Waals surface area contributed by atoms with E-state index in [0.29, 0.717) is 12.8 Å². The quantitative estimate of drug-likeness (QED) is 0.0201. The number of hydrogen-bond acceptors (Lipinski definition) is 8. The molecule has 1 amide bonds. The zero-order valence-electron chi connectivity index (χ0n) is 36.6. The Bertz CT molecular complexity index is 1130. The Balaban J connectivity index is 3.90. The first kappa shape index (κ1) is 55.7. The topological polar surface area (TPSA) is 169 Å². The molecule has 11 nitrogen and oxygen atoms in total. The number of esters is 1. The fourth-order valence-electron chi connectivity index (χ4n) is 6.28. The van der Waals surface area contributed by atoms with Gasteiger partial charge in [0.1, 0.15) is 12.7 Å². The molecule has 338 valence electrons. The Morgan fingerprint density at radius 1 is 0.552 bits per heavy atom. The number of ether oxygens (including phenoxy) is 1. The van der Waals surface area contributed by atoms with Gasteiger partial charge in [0.05, 0.1) is 13.2 Å². The summed E-state index contributed by atoms with van der Waals surface area (Å²) in [4.78, 5) is 45.9. The lowest BCUT2D eigenvalue weighted by molar-refractivity contribution is -0.147. The number of phosphoric acid groups is 1. The Morgan fingerprint density at radius 3 is 1.43 bits per heavy atom. The second-order valence-electron chi connectivity index (χ2n) is 15.6. The molecule has 12 heteroatoms. The van der Waals surface area contributed by atoms with Gasteiger partial charge >= 0.3 is 19.8 Å². The maximum absolute atomic E-state index is 12.3. The van der Waals surface area contributed by atoms with Gasteiger partial charge in [-0.25, -0.2) is 9.36 Å². The van der Waals surface area contributed by atoms with Crippen LogP contribution in [0.1, 0.15) is 206 Å². The molecule has 0 aliphatic carbocycles. The van der Waals surface area contributed by atoms with Crippen molar-refractivity contribution in [1.29, 1.82) is 0 Å². The fraction of sp³-hybridized carbons (Fsp3) is 0.804. The van der Waals surface area contributed by atoms with Crippen molar-refractivity contribution in [2.75, 3.05) is 19.8 Å². The minimum atomic E-state index is -4.76. The van der Waals surface area contributed by atoms with Gasteiger partial charge in [0.15, 0.2) is 6.04 Å². The first-order valence-electron chi connectivity index (χ1n) is 23.0. The van der Waals surface area contributed by atoms with Crippen LogP contribution < -0.4 is 5.32 Å². The number of hydrogen-bond donors (Lipinski definition) is 4. The first-order chi connectivity index (χ1) is 28.1. The smallest absolute Gasteiger partial charge is 0.472 e. The molecular weight excluding hydrogens is 757 g/mol. The third-order valence-corrected chi connectivity index (χ3v) is 10.9. The highest BCUT2D eigenvalue weighted by Gasteiger charge is 2.28. The molecule has 0 aromatic rings. The number of carboxylic acids is 1. The number of allylic oxidation sites excluding steroid dienone is 6. The van der Waals surface area contributed by atoms with Crippen molar-refractivity contribution in [3.05, 3.63) is 36.5 Å². The van der Waals surface area contributed by atoms with E-state index in [2.05, 4.69) is 55.6 Å². The molecule has 0 aromatic carbocycles. The van der Waals surface area contributed by atoms with Gasteiger partial charge in [-0.3, -0.25) is 18.6 Å². The zero-order valence-corrected chi connectivity index (χ0v) is 37.5. The van der Waals surface area contributed by atoms with E-state index in [1.54, 1.807) is 0 Å². The monoisotopic (exact) mass is 842 g/mol. The summed E-state index contributed by atoms with van der Waals surface area (Å²) >= 11 is 0. The lowest BCUT2D eigenvalue weighted by Gasteiger charge is -2.18. The summed E-state index contributed by atoms with van der Waals surface area (Å²) in [5, 5.41) is 21.8. The molecule has 0 rings (SSSR count). The zero-order chi connectivity index (χ0) is 42.8. The van der Waals surface area contributed by atoms with E-state index in [0.717, 1.165) is 70.6 Å². The molecule has 0 spiro atoms. The van der Waals surface area contributed by atoms with Crippen LogP contribution in [-0.4, -0.2) is 64.9 Å². The number of aliphatic carboxylic acids is 1. The number of rotatable bonds is 43. The third kappa shape index (κ3) is 40.5. The summed E-state index contributed by atoms with van der Waals surface area (Å²) in [5.41, 5.74) is 0. The summed E-state index contributed by atoms with van der Waals surface area (Å²) in [6, 6.07) is -1.55. The number of carbonyl (C=O) groups is 3. The molecule has 0 radical (unpaired) electrons. The van der Waals surface area contributed by atoms with Crippen molar-refractivity contribution >= 4 is 25.7 Å². The molecule has 0 aliphatic rings. The number of unbranched alkanes of at least 4 members (excludes halogenated alkanes) is 23. The van der Waals surface area contributed by atoms with Crippen LogP contribution in [0, 0.1) is 0 Å². The van der Waals surface area contributed by atoms with Gasteiger partial charge in [-0.1, -0.05) is 159 Å². The lowest BCUT2D eigenvalue weighted by Crippen LogP contribution is -2.43. The third-order valence-electron chi connectivity index (χ3n) is 9.90. The van der Waals surface area contributed by atoms with Gasteiger partial charge in [0.2, 0.25) is 5.91 Å². The highest BCUT2D eigenvalue weighted by Crippen LogP contribution is 2.43. The number of carbonyl (C=O) groups excluding carboxylic acids is 2. The summed E-state index contributed by atoms with van der Waals surface area (Å²) < 4.78 is 26.9. The van der Waals surface area contributed by atoms with Crippen LogP contribution in [0.15, 0.2) is 36.5 Å². The van der Waals surface area contributed by atoms with Crippen LogP contribution in [0.4, 0.5) is 0 Å². The SMILES string of the molecule is CCCCCC/C=C\C/C=C\CCCCCCCC(=O)NC(COP(=O)(O)OCC(O)COC(=O)CCCCCCCCC/C=C\CCCCCCCCC)C(=O)O. The summed E-state index contributed by atoms with van der Waals surface area (Å²) in [6.07, 6.45) is 44.5. The highest BCUT2D eigenvalue weighted by molar-refractivity contribution is 7.47. The van der Waals surface area contributed by atoms with Crippen molar-refractivity contribution < 1.29 is 47.8 Å². The predicted octanol–water partition coefficient (Wildman–Crippen LogP) is 12.0. The summed E-state index contributed by atoms with van der Waals surface area (Å²) in [7, 11) is -4.76. The second-order valence-corrected chi connectivity index (χ2v) is 17.0. The van der Waals surface area contributed by atoms with Crippen LogP contribution >= 0.6 is 7.82 Å². The van der Waals surface area contributed by atoms with Gasteiger partial charge in [-0.2, -0.15) is 0 Å². The minimum Gasteiger partial charge on any atom is -0.480 e. The van der Waals surface area contributed by atoms with Gasteiger partial charge in [0.25, 0.3) is 0 Å². The van der Waals surface area contributed by atoms with Crippen LogP contribution in [0.2, 0.25) is 0 Å². The summed E-state index contributed by atoms with van der Waals surface area (Å²) in [5.74, 6) is -2.39. The van der Waals surface area contributed by atoms with E-state index in [9.17, 15) is 34.1 Å². The Hall–Kier alpha value is -2.30. The maximum Gasteiger partial charge on any atom is 0.472 e. The number of aliphatic hydroxyl groups excluding tert-OH is 1. The molecule has 4 N–H and O–H groups in total. The van der Waals surface area contributed by atoms with E-state index in [-0.39, 0.29) is 12.8 Å². The first-order valence-corrected chi connectivity index (χ1v) is 24.5. The molecular formula is C46H84NO10P. The normalized spacial score (nSPS) is 14.0. The molecule has 0 bridgehead atoms. The van der Waals surface area contributed by atoms with Gasteiger partial charge < -0.3 is 25.2 Å². The molecule has 0 heterocycles. The average molecular weight is 842 g/mol. The van der Waals surface area contributed by atoms with Crippen molar-refractivity contribution in [3.8, 4) is 0 Å². The van der Waals surface area contributed by atoms with Crippen molar-refractivity contribution in [2.24, 2.45) is 0 Å². The van der Waals surface area contributed by atoms with Crippen molar-refractivity contribution in [1.82, 2.24) is 5.32 Å². The van der Waals surface area contributed by atoms with Crippen LogP contribution in [-0.2, 0) is 32.7 Å². The molecule has 58 heavy (non-hydrogen) atoms. The highest BCUT2D eigenvalue weighted by atomic mass is 31.2. The van der Waals surface area contributed by atoms with E-state index >= 15 is 0 Å². The lowest BCUT2D eigenvalue weighted by atomic mass is 10.1. The van der Waals surface area contributed by atoms with E-state index in [4.69, 9.17) is 13.8 Å². The standard InChI is InChI=1S/C46H84NO10P/c1-3-5-7-9-11-13-15-17-19-21-22-24-26-28-30-32-34-36-38-45(50)55-39-42(48)40-56-58(53,54)57-41-43(46(51)52)47-44(49)37-35-33-31-29-27-25-23-20-18-16-14-12-10-8-6-4-2/h14,16,19-21,23,42-43,48H,3-13,15,17-18,22,24-41H2,1-2H3,(H,47,49)(H,51,52)(H,53,54)/b16-14-,21-19-,23-20-. The van der Waals surface area contributed by atoms with Crippen molar-refractivity contribution in [2.45, 2.75) is 219 Å². The van der Waals surface area contributed by atoms with Gasteiger partial charge in [-0.05, 0) is 70.6 Å². The van der Waals surface area contributed by atoms with Gasteiger partial charge in [0, 0.05) is 12.8 Å². The number of nitrogens with one attached hydrogen (secondary N) is 1. The molecule has 0 aromatic heterocycles. The Kier molecular flexibility index (Phi) is 39.8. The molecule has 3 unspecified atom stereocenters. The van der Waals surface area contributed by atoms with E-state index in [1.807, 2.05) is 0 Å². The second kappa shape index (κ2) is 41.4.